The lowest BCUT2D eigenvalue weighted by Crippen LogP contribution is -2.68. The van der Waals surface area contributed by atoms with E-state index in [0.717, 1.165) is 30.6 Å². The lowest BCUT2D eigenvalue weighted by molar-refractivity contribution is -0.153. The summed E-state index contributed by atoms with van der Waals surface area (Å²) >= 11 is 0. The van der Waals surface area contributed by atoms with Crippen LogP contribution in [0.2, 0.25) is 0 Å². The van der Waals surface area contributed by atoms with Crippen molar-refractivity contribution in [3.63, 3.8) is 0 Å². The van der Waals surface area contributed by atoms with E-state index in [0.29, 0.717) is 19.3 Å². The van der Waals surface area contributed by atoms with Gasteiger partial charge >= 0.3 is 12.2 Å². The van der Waals surface area contributed by atoms with Crippen molar-refractivity contribution in [2.45, 2.75) is 108 Å². The Hall–Kier alpha value is -1.30. The number of ether oxygens (including phenoxy) is 1. The lowest BCUT2D eigenvalue weighted by Gasteiger charge is -2.38. The molecule has 238 valence electrons. The third kappa shape index (κ3) is 8.63. The lowest BCUT2D eigenvalue weighted by atomic mass is 9.71. The maximum atomic E-state index is 13.4. The van der Waals surface area contributed by atoms with Gasteiger partial charge in [0.25, 0.3) is 0 Å². The highest BCUT2D eigenvalue weighted by Crippen LogP contribution is 2.37. The number of carbonyl (C=O) groups is 1. The van der Waals surface area contributed by atoms with Crippen molar-refractivity contribution < 1.29 is 32.9 Å². The maximum Gasteiger partial charge on any atom is 0.401 e. The number of halogens is 3. The van der Waals surface area contributed by atoms with E-state index in [1.54, 1.807) is 4.90 Å². The number of alkyl halides is 3. The van der Waals surface area contributed by atoms with E-state index in [4.69, 9.17) is 10.5 Å². The monoisotopic (exact) mass is 594 g/mol. The van der Waals surface area contributed by atoms with Gasteiger partial charge in [-0.05, 0) is 43.4 Å². The number of nitrogens with zero attached hydrogens (tertiary/aromatic N) is 2. The molecule has 3 saturated heterocycles. The number of hydrogen-bond donors (Lipinski definition) is 8. The van der Waals surface area contributed by atoms with Crippen LogP contribution in [0.15, 0.2) is 0 Å². The summed E-state index contributed by atoms with van der Waals surface area (Å²) in [5.41, 5.74) is 6.35. The number of fused-ring (bicyclic) bond motifs is 1. The van der Waals surface area contributed by atoms with Crippen LogP contribution in [-0.2, 0) is 4.74 Å². The summed E-state index contributed by atoms with van der Waals surface area (Å²) in [6.45, 7) is 6.31. The minimum Gasteiger partial charge on any atom is -0.387 e. The van der Waals surface area contributed by atoms with Crippen molar-refractivity contribution >= 4 is 6.03 Å². The van der Waals surface area contributed by atoms with Crippen LogP contribution in [0, 0.1) is 11.3 Å². The Bertz CT molecular complexity index is 858. The van der Waals surface area contributed by atoms with Crippen molar-refractivity contribution in [1.29, 1.82) is 0 Å². The number of aliphatic hydroxyl groups excluding tert-OH is 2. The number of hydrogen-bond acceptors (Lipinski definition) is 10. The Morgan fingerprint density at radius 1 is 1.10 bits per heavy atom. The van der Waals surface area contributed by atoms with Crippen molar-refractivity contribution in [3.05, 3.63) is 0 Å². The number of rotatable bonds is 9. The fourth-order valence-corrected chi connectivity index (χ4v) is 6.59. The molecule has 0 radical (unpaired) electrons. The predicted molar refractivity (Wildman–Crippen MR) is 146 cm³/mol. The molecule has 3 heterocycles. The third-order valence-corrected chi connectivity index (χ3v) is 8.97. The van der Waals surface area contributed by atoms with E-state index >= 15 is 0 Å². The summed E-state index contributed by atoms with van der Waals surface area (Å²) in [4.78, 5) is 15.3. The van der Waals surface area contributed by atoms with Crippen LogP contribution in [0.4, 0.5) is 18.0 Å². The maximum absolute atomic E-state index is 13.4. The molecule has 4 fully saturated rings. The number of nitrogens with one attached hydrogen (secondary N) is 5. The van der Waals surface area contributed by atoms with E-state index in [1.165, 1.54) is 0 Å². The van der Waals surface area contributed by atoms with Crippen LogP contribution in [-0.4, -0.2) is 121 Å². The zero-order valence-corrected chi connectivity index (χ0v) is 24.3. The van der Waals surface area contributed by atoms with Crippen LogP contribution in [0.1, 0.15) is 52.9 Å². The van der Waals surface area contributed by atoms with Crippen molar-refractivity contribution in [2.75, 3.05) is 39.5 Å². The Morgan fingerprint density at radius 2 is 1.80 bits per heavy atom. The molecule has 4 aliphatic rings. The predicted octanol–water partition coefficient (Wildman–Crippen LogP) is -0.416. The molecule has 0 aromatic rings. The molecule has 1 saturated carbocycles. The second-order valence-corrected chi connectivity index (χ2v) is 13.0. The van der Waals surface area contributed by atoms with Gasteiger partial charge in [0.1, 0.15) is 24.5 Å². The van der Waals surface area contributed by atoms with Gasteiger partial charge in [-0.2, -0.15) is 13.2 Å². The van der Waals surface area contributed by atoms with E-state index in [9.17, 15) is 28.2 Å². The number of nitrogens with two attached hydrogens (primary N) is 1. The summed E-state index contributed by atoms with van der Waals surface area (Å²) in [5.74, 6) is 0.630. The summed E-state index contributed by atoms with van der Waals surface area (Å²) in [7, 11) is 0. The van der Waals surface area contributed by atoms with Gasteiger partial charge in [-0.15, -0.1) is 0 Å². The van der Waals surface area contributed by atoms with Crippen molar-refractivity contribution in [3.8, 4) is 0 Å². The summed E-state index contributed by atoms with van der Waals surface area (Å²) in [6, 6.07) is -0.371. The molecule has 3 aliphatic heterocycles. The molecule has 1 aliphatic carbocycles. The number of urea groups is 1. The zero-order chi connectivity index (χ0) is 29.9. The van der Waals surface area contributed by atoms with Crippen LogP contribution in [0.3, 0.4) is 0 Å². The van der Waals surface area contributed by atoms with E-state index < -0.39 is 37.3 Å². The van der Waals surface area contributed by atoms with Crippen molar-refractivity contribution in [1.82, 2.24) is 36.4 Å². The Kier molecular flexibility index (Phi) is 10.8. The molecule has 15 heteroatoms. The molecule has 0 spiro atoms. The van der Waals surface area contributed by atoms with Gasteiger partial charge in [0.2, 0.25) is 0 Å². The van der Waals surface area contributed by atoms with Gasteiger partial charge < -0.3 is 31.3 Å². The average Bonchev–Trinajstić information content (AvgIpc) is 3.43. The molecule has 0 aromatic carbocycles. The van der Waals surface area contributed by atoms with Crippen LogP contribution >= 0.6 is 0 Å². The first-order valence-electron chi connectivity index (χ1n) is 14.8. The van der Waals surface area contributed by atoms with Gasteiger partial charge in [-0.25, -0.2) is 9.69 Å². The molecule has 3 unspecified atom stereocenters. The molecular formula is C26H49F3N8O4. The van der Waals surface area contributed by atoms with E-state index in [1.807, 2.05) is 0 Å². The van der Waals surface area contributed by atoms with Crippen LogP contribution < -0.4 is 32.3 Å². The Morgan fingerprint density at radius 3 is 2.46 bits per heavy atom. The van der Waals surface area contributed by atoms with Gasteiger partial charge in [-0.1, -0.05) is 20.8 Å². The first-order valence-corrected chi connectivity index (χ1v) is 14.8. The smallest absolute Gasteiger partial charge is 0.387 e. The molecule has 9 N–H and O–H groups in total. The minimum atomic E-state index is -4.46. The fraction of sp³-hybridized carbons (Fsp3) is 0.962. The number of amides is 2. The molecule has 0 aromatic heterocycles. The molecule has 7 atom stereocenters. The number of carbonyl (C=O) groups excluding carboxylic acids is 1. The van der Waals surface area contributed by atoms with Crippen LogP contribution in [0.5, 0.6) is 0 Å². The molecule has 12 nitrogen and oxygen atoms in total. The highest BCUT2D eigenvalue weighted by Gasteiger charge is 2.52. The van der Waals surface area contributed by atoms with Gasteiger partial charge in [0.05, 0.1) is 31.6 Å². The number of aliphatic hydroxyl groups is 2. The fourth-order valence-electron chi connectivity index (χ4n) is 6.59. The first kappa shape index (κ1) is 32.6. The Balaban J connectivity index is 1.23. The molecule has 4 rings (SSSR count). The van der Waals surface area contributed by atoms with Gasteiger partial charge in [0.15, 0.2) is 0 Å². The molecule has 41 heavy (non-hydrogen) atoms. The highest BCUT2D eigenvalue weighted by atomic mass is 19.4. The molecular weight excluding hydrogens is 545 g/mol. The summed E-state index contributed by atoms with van der Waals surface area (Å²) < 4.78 is 46.1. The first-order chi connectivity index (χ1) is 19.2. The largest absolute Gasteiger partial charge is 0.401 e. The second kappa shape index (κ2) is 13.6. The average molecular weight is 595 g/mol. The van der Waals surface area contributed by atoms with Crippen LogP contribution in [0.25, 0.3) is 0 Å². The third-order valence-electron chi connectivity index (χ3n) is 8.97. The molecule has 2 amide bonds. The Labute approximate surface area is 240 Å². The van der Waals surface area contributed by atoms with E-state index in [-0.39, 0.29) is 61.9 Å². The standard InChI is InChI=1S/C26H49F3N8O4/c1-25(2,3)15-5-7-16(8-6-15)35-24(40)31-9-4-10-36(12-26(27,28)29)11-17-19(38)20(39)23(41-17)37-14-34-18-21(30)32-13-33-22(18)37/h15-23,32-34,38-39H,4-14,30H2,1-3H3,(H2,31,35,40)/t15?,16?,17-,18?,19-,20-,21?,22?,23-/m1/s1. The molecule has 0 bridgehead atoms. The topological polar surface area (TPSA) is 159 Å². The zero-order valence-electron chi connectivity index (χ0n) is 24.3. The van der Waals surface area contributed by atoms with Gasteiger partial charge in [0, 0.05) is 32.3 Å². The summed E-state index contributed by atoms with van der Waals surface area (Å²) in [6.07, 6.45) is -5.42. The van der Waals surface area contributed by atoms with E-state index in [2.05, 4.69) is 47.4 Å². The van der Waals surface area contributed by atoms with Crippen molar-refractivity contribution in [2.24, 2.45) is 17.1 Å². The summed E-state index contributed by atoms with van der Waals surface area (Å²) in [5, 5.41) is 36.7. The normalized spacial score (nSPS) is 36.9. The second-order valence-electron chi connectivity index (χ2n) is 13.0. The van der Waals surface area contributed by atoms with Gasteiger partial charge in [-0.3, -0.25) is 20.9 Å². The SMILES string of the molecule is CC(C)(C)C1CCC(NC(=O)NCCCN(C[C@H]2O[C@@H](N3CNC4C(N)NCNC43)[C@H](O)[C@@H]2O)CC(F)(F)F)CC1. The minimum absolute atomic E-state index is 0.0296. The quantitative estimate of drug-likeness (QED) is 0.165. The highest BCUT2D eigenvalue weighted by molar-refractivity contribution is 5.74.